The van der Waals surface area contributed by atoms with E-state index in [9.17, 15) is 9.59 Å². The summed E-state index contributed by atoms with van der Waals surface area (Å²) in [4.78, 5) is 25.9. The molecule has 0 radical (unpaired) electrons. The highest BCUT2D eigenvalue weighted by molar-refractivity contribution is 5.93. The van der Waals surface area contributed by atoms with Crippen molar-refractivity contribution in [2.45, 2.75) is 32.7 Å². The molecule has 1 fully saturated rings. The minimum atomic E-state index is -0.162. The van der Waals surface area contributed by atoms with Crippen molar-refractivity contribution in [1.29, 1.82) is 0 Å². The lowest BCUT2D eigenvalue weighted by atomic mass is 10.3. The Morgan fingerprint density at radius 2 is 1.81 bits per heavy atom. The predicted molar refractivity (Wildman–Crippen MR) is 100 cm³/mol. The molecule has 1 aromatic heterocycles. The van der Waals surface area contributed by atoms with Crippen molar-refractivity contribution in [2.24, 2.45) is 0 Å². The Morgan fingerprint density at radius 3 is 2.46 bits per heavy atom. The van der Waals surface area contributed by atoms with E-state index in [1.54, 1.807) is 11.9 Å². The largest absolute Gasteiger partial charge is 0.352 e. The summed E-state index contributed by atoms with van der Waals surface area (Å²) < 4.78 is 1.82. The smallest absolute Gasteiger partial charge is 0.238 e. The van der Waals surface area contributed by atoms with E-state index in [2.05, 4.69) is 15.7 Å². The summed E-state index contributed by atoms with van der Waals surface area (Å²) in [5, 5.41) is 10.4. The van der Waals surface area contributed by atoms with Gasteiger partial charge in [-0.15, -0.1) is 0 Å². The molecule has 0 bridgehead atoms. The molecule has 138 valence electrons. The van der Waals surface area contributed by atoms with Crippen molar-refractivity contribution in [2.75, 3.05) is 25.5 Å². The first kappa shape index (κ1) is 18.1. The van der Waals surface area contributed by atoms with Gasteiger partial charge in [-0.3, -0.25) is 14.5 Å². The van der Waals surface area contributed by atoms with Crippen molar-refractivity contribution in [3.8, 4) is 5.69 Å². The molecular weight excluding hydrogens is 330 g/mol. The Balaban J connectivity index is 1.60. The van der Waals surface area contributed by atoms with Crippen LogP contribution in [0.15, 0.2) is 30.3 Å². The molecule has 7 heteroatoms. The molecule has 1 aromatic carbocycles. The minimum Gasteiger partial charge on any atom is -0.352 e. The topological polar surface area (TPSA) is 79.3 Å². The van der Waals surface area contributed by atoms with Gasteiger partial charge in [-0.25, -0.2) is 4.68 Å². The molecule has 2 amide bonds. The van der Waals surface area contributed by atoms with Crippen LogP contribution in [0.3, 0.4) is 0 Å². The first-order valence-corrected chi connectivity index (χ1v) is 8.83. The van der Waals surface area contributed by atoms with Crippen LogP contribution in [0, 0.1) is 13.8 Å². The van der Waals surface area contributed by atoms with E-state index in [-0.39, 0.29) is 24.9 Å². The van der Waals surface area contributed by atoms with Crippen molar-refractivity contribution < 1.29 is 9.59 Å². The highest BCUT2D eigenvalue weighted by atomic mass is 16.2. The molecule has 0 aliphatic heterocycles. The van der Waals surface area contributed by atoms with Gasteiger partial charge in [0.15, 0.2) is 0 Å². The second-order valence-electron chi connectivity index (χ2n) is 6.86. The summed E-state index contributed by atoms with van der Waals surface area (Å²) in [6.07, 6.45) is 2.11. The fraction of sp³-hybridized carbons (Fsp3) is 0.421. The van der Waals surface area contributed by atoms with Gasteiger partial charge in [0.2, 0.25) is 11.8 Å². The van der Waals surface area contributed by atoms with Gasteiger partial charge < -0.3 is 10.6 Å². The van der Waals surface area contributed by atoms with Crippen LogP contribution in [0.5, 0.6) is 0 Å². The summed E-state index contributed by atoms with van der Waals surface area (Å²) in [6, 6.07) is 10.1. The van der Waals surface area contributed by atoms with Crippen LogP contribution in [0.1, 0.15) is 24.2 Å². The third-order valence-electron chi connectivity index (χ3n) is 4.33. The fourth-order valence-corrected chi connectivity index (χ4v) is 2.87. The molecule has 2 aromatic rings. The van der Waals surface area contributed by atoms with Crippen LogP contribution in [0.25, 0.3) is 5.69 Å². The molecule has 2 N–H and O–H groups in total. The third kappa shape index (κ3) is 4.49. The number of aryl methyl sites for hydroxylation is 1. The summed E-state index contributed by atoms with van der Waals surface area (Å²) in [7, 11) is 1.76. The molecule has 1 aliphatic rings. The van der Waals surface area contributed by atoms with Crippen LogP contribution in [0.2, 0.25) is 0 Å². The maximum Gasteiger partial charge on any atom is 0.238 e. The van der Waals surface area contributed by atoms with Crippen LogP contribution in [-0.2, 0) is 9.59 Å². The minimum absolute atomic E-state index is 0.0351. The predicted octanol–water partition coefficient (Wildman–Crippen LogP) is 1.64. The molecule has 1 heterocycles. The Labute approximate surface area is 153 Å². The number of carbonyl (C=O) groups excluding carboxylic acids is 2. The molecule has 0 saturated heterocycles. The van der Waals surface area contributed by atoms with Gasteiger partial charge in [-0.05, 0) is 45.9 Å². The molecule has 0 spiro atoms. The van der Waals surface area contributed by atoms with Gasteiger partial charge in [-0.2, -0.15) is 5.10 Å². The number of amides is 2. The lowest BCUT2D eigenvalue weighted by Gasteiger charge is -2.16. The number of likely N-dealkylation sites (N-methyl/N-ethyl adjacent to an activating group) is 1. The van der Waals surface area contributed by atoms with Gasteiger partial charge in [0.25, 0.3) is 0 Å². The lowest BCUT2D eigenvalue weighted by Crippen LogP contribution is -2.39. The van der Waals surface area contributed by atoms with Crippen LogP contribution < -0.4 is 10.6 Å². The number of benzene rings is 1. The average molecular weight is 355 g/mol. The second kappa shape index (κ2) is 7.70. The number of hydrogen-bond donors (Lipinski definition) is 2. The van der Waals surface area contributed by atoms with Crippen molar-refractivity contribution >= 4 is 17.5 Å². The van der Waals surface area contributed by atoms with Crippen molar-refractivity contribution in [3.63, 3.8) is 0 Å². The number of para-hydroxylation sites is 1. The van der Waals surface area contributed by atoms with E-state index in [4.69, 9.17) is 0 Å². The zero-order chi connectivity index (χ0) is 18.7. The zero-order valence-corrected chi connectivity index (χ0v) is 15.5. The molecule has 3 rings (SSSR count). The molecule has 0 atom stereocenters. The SMILES string of the molecule is Cc1nn(-c2ccccc2)c(C)c1NC(=O)CN(C)CC(=O)NC1CC1. The van der Waals surface area contributed by atoms with Crippen LogP contribution in [-0.4, -0.2) is 52.7 Å². The summed E-state index contributed by atoms with van der Waals surface area (Å²) in [5.41, 5.74) is 3.29. The van der Waals surface area contributed by atoms with E-state index in [0.29, 0.717) is 6.04 Å². The van der Waals surface area contributed by atoms with Gasteiger partial charge in [-0.1, -0.05) is 18.2 Å². The monoisotopic (exact) mass is 355 g/mol. The van der Waals surface area contributed by atoms with E-state index >= 15 is 0 Å². The molecule has 26 heavy (non-hydrogen) atoms. The quantitative estimate of drug-likeness (QED) is 0.791. The molecule has 1 aliphatic carbocycles. The van der Waals surface area contributed by atoms with Gasteiger partial charge >= 0.3 is 0 Å². The summed E-state index contributed by atoms with van der Waals surface area (Å²) >= 11 is 0. The second-order valence-corrected chi connectivity index (χ2v) is 6.86. The molecule has 7 nitrogen and oxygen atoms in total. The van der Waals surface area contributed by atoms with Gasteiger partial charge in [0.1, 0.15) is 0 Å². The maximum atomic E-state index is 12.4. The normalized spacial score (nSPS) is 13.7. The Kier molecular flexibility index (Phi) is 5.37. The lowest BCUT2D eigenvalue weighted by molar-refractivity contribution is -0.123. The fourth-order valence-electron chi connectivity index (χ4n) is 2.87. The standard InChI is InChI=1S/C19H25N5O2/c1-13-19(14(2)24(22-13)16-7-5-4-6-8-16)21-18(26)12-23(3)11-17(25)20-15-9-10-15/h4-8,15H,9-12H2,1-3H3,(H,20,25)(H,21,26). The Morgan fingerprint density at radius 1 is 1.15 bits per heavy atom. The van der Waals surface area contributed by atoms with E-state index in [1.165, 1.54) is 0 Å². The number of nitrogens with one attached hydrogen (secondary N) is 2. The highest BCUT2D eigenvalue weighted by Gasteiger charge is 2.24. The number of aromatic nitrogens is 2. The molecule has 0 unspecified atom stereocenters. The van der Waals surface area contributed by atoms with E-state index in [1.807, 2.05) is 48.9 Å². The molecule has 1 saturated carbocycles. The average Bonchev–Trinajstić information content (AvgIpc) is 3.36. The third-order valence-corrected chi connectivity index (χ3v) is 4.33. The van der Waals surface area contributed by atoms with E-state index in [0.717, 1.165) is 35.6 Å². The number of rotatable bonds is 7. The van der Waals surface area contributed by atoms with Gasteiger partial charge in [0, 0.05) is 6.04 Å². The van der Waals surface area contributed by atoms with Crippen molar-refractivity contribution in [3.05, 3.63) is 41.7 Å². The van der Waals surface area contributed by atoms with Crippen LogP contribution >= 0.6 is 0 Å². The Bertz CT molecular complexity index is 796. The number of anilines is 1. The van der Waals surface area contributed by atoms with Crippen LogP contribution in [0.4, 0.5) is 5.69 Å². The zero-order valence-electron chi connectivity index (χ0n) is 15.5. The number of nitrogens with zero attached hydrogens (tertiary/aromatic N) is 3. The van der Waals surface area contributed by atoms with Gasteiger partial charge in [0.05, 0.1) is 35.9 Å². The number of hydrogen-bond acceptors (Lipinski definition) is 4. The summed E-state index contributed by atoms with van der Waals surface area (Å²) in [5.74, 6) is -0.197. The first-order valence-electron chi connectivity index (χ1n) is 8.83. The highest BCUT2D eigenvalue weighted by Crippen LogP contribution is 2.22. The maximum absolute atomic E-state index is 12.4. The molecular formula is C19H25N5O2. The summed E-state index contributed by atoms with van der Waals surface area (Å²) in [6.45, 7) is 4.16. The van der Waals surface area contributed by atoms with E-state index < -0.39 is 0 Å². The first-order chi connectivity index (χ1) is 12.4. The van der Waals surface area contributed by atoms with Crippen molar-refractivity contribution in [1.82, 2.24) is 20.0 Å². The Hall–Kier alpha value is -2.67. The number of carbonyl (C=O) groups is 2.